The Bertz CT molecular complexity index is 308. The van der Waals surface area contributed by atoms with Crippen molar-refractivity contribution in [2.75, 3.05) is 6.61 Å². The Balaban J connectivity index is 2.69. The van der Waals surface area contributed by atoms with E-state index in [0.29, 0.717) is 6.42 Å². The van der Waals surface area contributed by atoms with Crippen LogP contribution in [0.3, 0.4) is 0 Å². The van der Waals surface area contributed by atoms with Crippen LogP contribution in [-0.4, -0.2) is 17.3 Å². The molecule has 0 spiro atoms. The zero-order valence-corrected chi connectivity index (χ0v) is 9.20. The molecule has 1 aromatic rings. The minimum absolute atomic E-state index is 0.0431. The second-order valence-electron chi connectivity index (χ2n) is 4.47. The third-order valence-electron chi connectivity index (χ3n) is 2.57. The standard InChI is InChI=1S/C12H18FNO/c1-9(7-12(2,14)8-15)10-3-5-11(13)6-4-10/h3-6,9,15H,7-8,14H2,1-2H3. The third-order valence-corrected chi connectivity index (χ3v) is 2.57. The largest absolute Gasteiger partial charge is 0.394 e. The van der Waals surface area contributed by atoms with Crippen molar-refractivity contribution in [1.82, 2.24) is 0 Å². The highest BCUT2D eigenvalue weighted by Crippen LogP contribution is 2.24. The fraction of sp³-hybridized carbons (Fsp3) is 0.500. The lowest BCUT2D eigenvalue weighted by atomic mass is 9.87. The molecule has 0 aromatic heterocycles. The molecule has 0 radical (unpaired) electrons. The van der Waals surface area contributed by atoms with Gasteiger partial charge in [0.25, 0.3) is 0 Å². The first kappa shape index (κ1) is 12.1. The number of hydrogen-bond donors (Lipinski definition) is 2. The summed E-state index contributed by atoms with van der Waals surface area (Å²) in [6.07, 6.45) is 0.676. The molecule has 2 unspecified atom stereocenters. The van der Waals surface area contributed by atoms with Crippen LogP contribution in [-0.2, 0) is 0 Å². The molecule has 84 valence electrons. The molecule has 2 atom stereocenters. The third kappa shape index (κ3) is 3.61. The summed E-state index contributed by atoms with van der Waals surface area (Å²) in [5, 5.41) is 9.05. The van der Waals surface area contributed by atoms with Crippen LogP contribution in [0.4, 0.5) is 4.39 Å². The maximum absolute atomic E-state index is 12.7. The van der Waals surface area contributed by atoms with Crippen molar-refractivity contribution < 1.29 is 9.50 Å². The molecule has 1 rings (SSSR count). The molecular weight excluding hydrogens is 193 g/mol. The molecule has 0 aliphatic carbocycles. The molecule has 15 heavy (non-hydrogen) atoms. The van der Waals surface area contributed by atoms with Crippen molar-refractivity contribution in [2.24, 2.45) is 5.73 Å². The van der Waals surface area contributed by atoms with E-state index in [1.54, 1.807) is 12.1 Å². The van der Waals surface area contributed by atoms with Crippen molar-refractivity contribution in [1.29, 1.82) is 0 Å². The number of benzene rings is 1. The van der Waals surface area contributed by atoms with Crippen molar-refractivity contribution in [3.05, 3.63) is 35.6 Å². The first-order valence-corrected chi connectivity index (χ1v) is 5.10. The molecule has 0 aliphatic rings. The number of nitrogens with two attached hydrogens (primary N) is 1. The predicted octanol–water partition coefficient (Wildman–Crippen LogP) is 2.03. The van der Waals surface area contributed by atoms with Crippen molar-refractivity contribution in [2.45, 2.75) is 31.7 Å². The molecule has 2 nitrogen and oxygen atoms in total. The number of halogens is 1. The summed E-state index contributed by atoms with van der Waals surface area (Å²) in [6.45, 7) is 3.79. The van der Waals surface area contributed by atoms with Gasteiger partial charge in [0.15, 0.2) is 0 Å². The van der Waals surface area contributed by atoms with Crippen LogP contribution in [0.1, 0.15) is 31.7 Å². The molecule has 0 aliphatic heterocycles. The van der Waals surface area contributed by atoms with Gasteiger partial charge in [0.05, 0.1) is 6.61 Å². The molecule has 0 bridgehead atoms. The average molecular weight is 211 g/mol. The van der Waals surface area contributed by atoms with E-state index in [1.807, 2.05) is 13.8 Å². The molecule has 1 aromatic carbocycles. The van der Waals surface area contributed by atoms with Gasteiger partial charge < -0.3 is 10.8 Å². The lowest BCUT2D eigenvalue weighted by Crippen LogP contribution is -2.41. The molecular formula is C12H18FNO. The van der Waals surface area contributed by atoms with Gasteiger partial charge in [-0.3, -0.25) is 0 Å². The minimum atomic E-state index is -0.576. The first-order valence-electron chi connectivity index (χ1n) is 5.10. The van der Waals surface area contributed by atoms with Gasteiger partial charge in [0, 0.05) is 5.54 Å². The van der Waals surface area contributed by atoms with Crippen LogP contribution in [0.5, 0.6) is 0 Å². The molecule has 0 saturated carbocycles. The highest BCUT2D eigenvalue weighted by molar-refractivity contribution is 5.20. The van der Waals surface area contributed by atoms with Gasteiger partial charge in [0.1, 0.15) is 5.82 Å². The molecule has 0 saturated heterocycles. The van der Waals surface area contributed by atoms with Gasteiger partial charge in [0.2, 0.25) is 0 Å². The van der Waals surface area contributed by atoms with Crippen molar-refractivity contribution in [3.63, 3.8) is 0 Å². The Morgan fingerprint density at radius 2 is 1.93 bits per heavy atom. The van der Waals surface area contributed by atoms with Crippen LogP contribution < -0.4 is 5.73 Å². The van der Waals surface area contributed by atoms with Crippen molar-refractivity contribution >= 4 is 0 Å². The lowest BCUT2D eigenvalue weighted by molar-refractivity contribution is 0.194. The zero-order chi connectivity index (χ0) is 11.5. The van der Waals surface area contributed by atoms with E-state index < -0.39 is 5.54 Å². The summed E-state index contributed by atoms with van der Waals surface area (Å²) in [5.41, 5.74) is 6.33. The Hall–Kier alpha value is -0.930. The van der Waals surface area contributed by atoms with E-state index >= 15 is 0 Å². The maximum Gasteiger partial charge on any atom is 0.123 e. The van der Waals surface area contributed by atoms with Crippen LogP contribution in [0.25, 0.3) is 0 Å². The second kappa shape index (κ2) is 4.73. The fourth-order valence-electron chi connectivity index (χ4n) is 1.67. The zero-order valence-electron chi connectivity index (χ0n) is 9.20. The summed E-state index contributed by atoms with van der Waals surface area (Å²) in [6, 6.07) is 6.40. The normalized spacial score (nSPS) is 17.1. The second-order valence-corrected chi connectivity index (χ2v) is 4.47. The fourth-order valence-corrected chi connectivity index (χ4v) is 1.67. The Morgan fingerprint density at radius 3 is 2.40 bits per heavy atom. The first-order chi connectivity index (χ1) is 6.94. The van der Waals surface area contributed by atoms with Gasteiger partial charge >= 0.3 is 0 Å². The SMILES string of the molecule is CC(CC(C)(N)CO)c1ccc(F)cc1. The maximum atomic E-state index is 12.7. The highest BCUT2D eigenvalue weighted by atomic mass is 19.1. The molecule has 3 N–H and O–H groups in total. The number of aliphatic hydroxyl groups is 1. The lowest BCUT2D eigenvalue weighted by Gasteiger charge is -2.25. The van der Waals surface area contributed by atoms with Crippen LogP contribution >= 0.6 is 0 Å². The van der Waals surface area contributed by atoms with Gasteiger partial charge in [-0.05, 0) is 37.0 Å². The van der Waals surface area contributed by atoms with Crippen LogP contribution in [0, 0.1) is 5.82 Å². The van der Waals surface area contributed by atoms with E-state index in [9.17, 15) is 4.39 Å². The molecule has 0 amide bonds. The van der Waals surface area contributed by atoms with E-state index in [0.717, 1.165) is 5.56 Å². The average Bonchev–Trinajstić information content (AvgIpc) is 2.18. The topological polar surface area (TPSA) is 46.2 Å². The van der Waals surface area contributed by atoms with Gasteiger partial charge in [-0.25, -0.2) is 4.39 Å². The number of aliphatic hydroxyl groups excluding tert-OH is 1. The van der Waals surface area contributed by atoms with E-state index in [1.165, 1.54) is 12.1 Å². The highest BCUT2D eigenvalue weighted by Gasteiger charge is 2.21. The van der Waals surface area contributed by atoms with E-state index in [4.69, 9.17) is 10.8 Å². The van der Waals surface area contributed by atoms with Gasteiger partial charge in [-0.2, -0.15) is 0 Å². The Labute approximate surface area is 89.9 Å². The van der Waals surface area contributed by atoms with Gasteiger partial charge in [-0.15, -0.1) is 0 Å². The van der Waals surface area contributed by atoms with Crippen LogP contribution in [0.15, 0.2) is 24.3 Å². The smallest absolute Gasteiger partial charge is 0.123 e. The van der Waals surface area contributed by atoms with Crippen molar-refractivity contribution in [3.8, 4) is 0 Å². The summed E-state index contributed by atoms with van der Waals surface area (Å²) >= 11 is 0. The predicted molar refractivity (Wildman–Crippen MR) is 59.1 cm³/mol. The minimum Gasteiger partial charge on any atom is -0.394 e. The Kier molecular flexibility index (Phi) is 3.83. The summed E-state index contributed by atoms with van der Waals surface area (Å²) in [4.78, 5) is 0. The Morgan fingerprint density at radius 1 is 1.40 bits per heavy atom. The summed E-state index contributed by atoms with van der Waals surface area (Å²) < 4.78 is 12.7. The summed E-state index contributed by atoms with van der Waals surface area (Å²) in [7, 11) is 0. The van der Waals surface area contributed by atoms with Crippen LogP contribution in [0.2, 0.25) is 0 Å². The molecule has 0 heterocycles. The number of rotatable bonds is 4. The van der Waals surface area contributed by atoms with E-state index in [2.05, 4.69) is 0 Å². The number of hydrogen-bond acceptors (Lipinski definition) is 2. The molecule has 3 heteroatoms. The monoisotopic (exact) mass is 211 g/mol. The quantitative estimate of drug-likeness (QED) is 0.800. The summed E-state index contributed by atoms with van der Waals surface area (Å²) in [5.74, 6) is -0.0173. The van der Waals surface area contributed by atoms with E-state index in [-0.39, 0.29) is 18.3 Å². The molecule has 0 fully saturated rings. The van der Waals surface area contributed by atoms with Gasteiger partial charge in [-0.1, -0.05) is 19.1 Å².